The minimum atomic E-state index is -1.65. The molecule has 0 aliphatic carbocycles. The molecule has 0 amide bonds. The van der Waals surface area contributed by atoms with E-state index in [0.29, 0.717) is 12.1 Å². The average Bonchev–Trinajstić information content (AvgIpc) is 2.91. The number of nitrogens with zero attached hydrogens (tertiary/aromatic N) is 1. The van der Waals surface area contributed by atoms with E-state index in [1.807, 2.05) is 0 Å². The first-order chi connectivity index (χ1) is 10.7. The summed E-state index contributed by atoms with van der Waals surface area (Å²) >= 11 is 0. The number of likely N-dealkylation sites (N-methyl/N-ethyl adjacent to an activating group) is 1. The summed E-state index contributed by atoms with van der Waals surface area (Å²) in [5.74, 6) is 0. The van der Waals surface area contributed by atoms with Gasteiger partial charge in [0.05, 0.1) is 6.10 Å². The first-order valence-electron chi connectivity index (χ1n) is 8.85. The van der Waals surface area contributed by atoms with Crippen LogP contribution in [0.1, 0.15) is 38.8 Å². The summed E-state index contributed by atoms with van der Waals surface area (Å²) in [7, 11) is 0.399. The lowest BCUT2D eigenvalue weighted by Crippen LogP contribution is -2.44. The first-order valence-corrected chi connectivity index (χ1v) is 11.8. The SMILES string of the molecule is CN[C@H](CN1CC[C@H](O[Si](C)(C)C(C)(C)C)C1)c1ccccc1. The number of benzene rings is 1. The van der Waals surface area contributed by atoms with Gasteiger partial charge in [0.2, 0.25) is 0 Å². The topological polar surface area (TPSA) is 24.5 Å². The highest BCUT2D eigenvalue weighted by atomic mass is 28.4. The van der Waals surface area contributed by atoms with E-state index in [1.165, 1.54) is 5.56 Å². The fourth-order valence-corrected chi connectivity index (χ4v) is 4.34. The molecule has 130 valence electrons. The molecule has 0 radical (unpaired) electrons. The normalized spacial score (nSPS) is 21.6. The summed E-state index contributed by atoms with van der Waals surface area (Å²) in [6.45, 7) is 14.9. The first kappa shape index (κ1) is 18.7. The van der Waals surface area contributed by atoms with Crippen LogP contribution in [-0.2, 0) is 4.43 Å². The van der Waals surface area contributed by atoms with Gasteiger partial charge in [-0.15, -0.1) is 0 Å². The molecule has 0 bridgehead atoms. The largest absolute Gasteiger partial charge is 0.413 e. The standard InChI is InChI=1S/C19H34N2OSi/c1-19(2,3)23(5,6)22-17-12-13-21(14-17)15-18(20-4)16-10-8-7-9-11-16/h7-11,17-18,20H,12-15H2,1-6H3/t17-,18+/m0/s1. The van der Waals surface area contributed by atoms with Crippen molar-refractivity contribution < 1.29 is 4.43 Å². The van der Waals surface area contributed by atoms with E-state index < -0.39 is 8.32 Å². The van der Waals surface area contributed by atoms with Crippen LogP contribution in [0.3, 0.4) is 0 Å². The molecular formula is C19H34N2OSi. The highest BCUT2D eigenvalue weighted by Crippen LogP contribution is 2.38. The van der Waals surface area contributed by atoms with Gasteiger partial charge in [0.15, 0.2) is 8.32 Å². The fraction of sp³-hybridized carbons (Fsp3) is 0.684. The Bertz CT molecular complexity index is 484. The molecule has 1 fully saturated rings. The molecule has 0 aromatic heterocycles. The van der Waals surface area contributed by atoms with Gasteiger partial charge in [0, 0.05) is 25.7 Å². The van der Waals surface area contributed by atoms with Crippen LogP contribution in [0.2, 0.25) is 18.1 Å². The quantitative estimate of drug-likeness (QED) is 0.795. The van der Waals surface area contributed by atoms with E-state index >= 15 is 0 Å². The molecule has 1 saturated heterocycles. The molecule has 1 aliphatic heterocycles. The molecule has 3 nitrogen and oxygen atoms in total. The van der Waals surface area contributed by atoms with Crippen molar-refractivity contribution in [2.75, 3.05) is 26.7 Å². The van der Waals surface area contributed by atoms with E-state index in [9.17, 15) is 0 Å². The summed E-state index contributed by atoms with van der Waals surface area (Å²) in [5, 5.41) is 3.75. The maximum atomic E-state index is 6.59. The summed E-state index contributed by atoms with van der Waals surface area (Å²) in [6, 6.07) is 11.1. The molecule has 2 atom stereocenters. The Balaban J connectivity index is 1.90. The molecule has 23 heavy (non-hydrogen) atoms. The molecule has 2 rings (SSSR count). The predicted octanol–water partition coefficient (Wildman–Crippen LogP) is 4.04. The highest BCUT2D eigenvalue weighted by molar-refractivity contribution is 6.74. The van der Waals surface area contributed by atoms with Gasteiger partial charge in [-0.05, 0) is 37.2 Å². The Hall–Kier alpha value is -0.683. The van der Waals surface area contributed by atoms with Crippen LogP contribution in [0.4, 0.5) is 0 Å². The van der Waals surface area contributed by atoms with Crippen molar-refractivity contribution in [2.45, 2.75) is 57.5 Å². The lowest BCUT2D eigenvalue weighted by Gasteiger charge is -2.38. The third kappa shape index (κ3) is 4.89. The van der Waals surface area contributed by atoms with Gasteiger partial charge in [-0.2, -0.15) is 0 Å². The fourth-order valence-electron chi connectivity index (χ4n) is 2.96. The molecule has 0 saturated carbocycles. The predicted molar refractivity (Wildman–Crippen MR) is 101 cm³/mol. The second-order valence-corrected chi connectivity index (χ2v) is 13.1. The van der Waals surface area contributed by atoms with E-state index in [2.05, 4.69) is 81.5 Å². The van der Waals surface area contributed by atoms with Crippen LogP contribution in [0, 0.1) is 0 Å². The Morgan fingerprint density at radius 1 is 1.26 bits per heavy atom. The Kier molecular flexibility index (Phi) is 6.06. The summed E-state index contributed by atoms with van der Waals surface area (Å²) < 4.78 is 6.59. The zero-order valence-corrected chi connectivity index (χ0v) is 16.7. The van der Waals surface area contributed by atoms with Crippen molar-refractivity contribution in [1.82, 2.24) is 10.2 Å². The van der Waals surface area contributed by atoms with Crippen molar-refractivity contribution in [3.8, 4) is 0 Å². The monoisotopic (exact) mass is 334 g/mol. The van der Waals surface area contributed by atoms with Gasteiger partial charge in [0.25, 0.3) is 0 Å². The molecular weight excluding hydrogens is 300 g/mol. The van der Waals surface area contributed by atoms with Gasteiger partial charge >= 0.3 is 0 Å². The Morgan fingerprint density at radius 2 is 1.91 bits per heavy atom. The number of hydrogen-bond acceptors (Lipinski definition) is 3. The minimum absolute atomic E-state index is 0.290. The molecule has 1 aromatic rings. The zero-order chi connectivity index (χ0) is 17.1. The van der Waals surface area contributed by atoms with Crippen LogP contribution in [0.5, 0.6) is 0 Å². The Labute approximate surface area is 143 Å². The number of rotatable bonds is 6. The summed E-state index contributed by atoms with van der Waals surface area (Å²) in [6.07, 6.45) is 1.57. The van der Waals surface area contributed by atoms with Gasteiger partial charge < -0.3 is 9.74 Å². The van der Waals surface area contributed by atoms with E-state index in [-0.39, 0.29) is 5.04 Å². The second-order valence-electron chi connectivity index (χ2n) is 8.30. The molecule has 4 heteroatoms. The highest BCUT2D eigenvalue weighted by Gasteiger charge is 2.40. The maximum Gasteiger partial charge on any atom is 0.192 e. The maximum absolute atomic E-state index is 6.59. The molecule has 1 N–H and O–H groups in total. The van der Waals surface area contributed by atoms with Gasteiger partial charge in [0.1, 0.15) is 0 Å². The van der Waals surface area contributed by atoms with Crippen LogP contribution in [0.25, 0.3) is 0 Å². The van der Waals surface area contributed by atoms with Gasteiger partial charge in [-0.25, -0.2) is 0 Å². The van der Waals surface area contributed by atoms with Crippen molar-refractivity contribution in [2.24, 2.45) is 0 Å². The number of nitrogens with one attached hydrogen (secondary N) is 1. The van der Waals surface area contributed by atoms with Crippen molar-refractivity contribution in [3.05, 3.63) is 35.9 Å². The van der Waals surface area contributed by atoms with Gasteiger partial charge in [-0.1, -0.05) is 51.1 Å². The van der Waals surface area contributed by atoms with E-state index in [4.69, 9.17) is 4.43 Å². The summed E-state index contributed by atoms with van der Waals surface area (Å²) in [5.41, 5.74) is 1.36. The smallest absolute Gasteiger partial charge is 0.192 e. The second kappa shape index (κ2) is 7.47. The van der Waals surface area contributed by atoms with E-state index in [0.717, 1.165) is 26.1 Å². The number of hydrogen-bond donors (Lipinski definition) is 1. The molecule has 0 unspecified atom stereocenters. The molecule has 1 aromatic carbocycles. The van der Waals surface area contributed by atoms with Crippen LogP contribution in [0.15, 0.2) is 30.3 Å². The Morgan fingerprint density at radius 3 is 2.48 bits per heavy atom. The molecule has 1 aliphatic rings. The van der Waals surface area contributed by atoms with Crippen molar-refractivity contribution in [3.63, 3.8) is 0 Å². The van der Waals surface area contributed by atoms with Crippen molar-refractivity contribution >= 4 is 8.32 Å². The van der Waals surface area contributed by atoms with Crippen LogP contribution < -0.4 is 5.32 Å². The number of likely N-dealkylation sites (tertiary alicyclic amines) is 1. The van der Waals surface area contributed by atoms with E-state index in [1.54, 1.807) is 0 Å². The molecule has 0 spiro atoms. The lowest BCUT2D eigenvalue weighted by atomic mass is 10.1. The van der Waals surface area contributed by atoms with Crippen LogP contribution >= 0.6 is 0 Å². The average molecular weight is 335 g/mol. The van der Waals surface area contributed by atoms with Crippen LogP contribution in [-0.4, -0.2) is 46.0 Å². The lowest BCUT2D eigenvalue weighted by molar-refractivity contribution is 0.177. The van der Waals surface area contributed by atoms with Gasteiger partial charge in [-0.3, -0.25) is 4.90 Å². The molecule has 1 heterocycles. The third-order valence-corrected chi connectivity index (χ3v) is 10.0. The summed E-state index contributed by atoms with van der Waals surface area (Å²) in [4.78, 5) is 2.55. The zero-order valence-electron chi connectivity index (χ0n) is 15.7. The third-order valence-electron chi connectivity index (χ3n) is 5.49. The minimum Gasteiger partial charge on any atom is -0.413 e. The van der Waals surface area contributed by atoms with Crippen molar-refractivity contribution in [1.29, 1.82) is 0 Å².